The highest BCUT2D eigenvalue weighted by Gasteiger charge is 2.05. The molecule has 0 fully saturated rings. The van der Waals surface area contributed by atoms with Crippen molar-refractivity contribution in [3.8, 4) is 0 Å². The van der Waals surface area contributed by atoms with Crippen molar-refractivity contribution in [2.24, 2.45) is 0 Å². The molecule has 25 heavy (non-hydrogen) atoms. The van der Waals surface area contributed by atoms with Crippen LogP contribution in [0.4, 0.5) is 23.1 Å². The van der Waals surface area contributed by atoms with Gasteiger partial charge in [-0.15, -0.1) is 5.10 Å². The molecule has 6 heteroatoms. The maximum Gasteiger partial charge on any atom is 0.249 e. The van der Waals surface area contributed by atoms with Crippen LogP contribution in [-0.4, -0.2) is 20.2 Å². The molecule has 122 valence electrons. The normalized spacial score (nSPS) is 10.6. The van der Waals surface area contributed by atoms with Crippen molar-refractivity contribution in [3.05, 3.63) is 72.6 Å². The van der Waals surface area contributed by atoms with Crippen molar-refractivity contribution in [2.45, 2.75) is 6.92 Å². The van der Waals surface area contributed by atoms with E-state index in [0.29, 0.717) is 11.8 Å². The van der Waals surface area contributed by atoms with Gasteiger partial charge in [0.05, 0.1) is 17.4 Å². The lowest BCUT2D eigenvalue weighted by molar-refractivity contribution is 0.982. The van der Waals surface area contributed by atoms with Crippen molar-refractivity contribution in [3.63, 3.8) is 0 Å². The molecule has 4 aromatic rings. The quantitative estimate of drug-likeness (QED) is 0.584. The highest BCUT2D eigenvalue weighted by molar-refractivity contribution is 5.91. The number of benzene rings is 2. The molecule has 0 spiro atoms. The fourth-order valence-electron chi connectivity index (χ4n) is 2.53. The Morgan fingerprint density at radius 2 is 1.72 bits per heavy atom. The molecule has 2 aromatic carbocycles. The Bertz CT molecular complexity index is 1010. The summed E-state index contributed by atoms with van der Waals surface area (Å²) in [5.74, 6) is 1.03. The first-order chi connectivity index (χ1) is 12.3. The van der Waals surface area contributed by atoms with Gasteiger partial charge in [-0.3, -0.25) is 4.98 Å². The van der Waals surface area contributed by atoms with E-state index >= 15 is 0 Å². The summed E-state index contributed by atoms with van der Waals surface area (Å²) >= 11 is 0. The molecule has 0 aliphatic rings. The van der Waals surface area contributed by atoms with E-state index in [4.69, 9.17) is 0 Å². The summed E-state index contributed by atoms with van der Waals surface area (Å²) in [7, 11) is 0. The fourth-order valence-corrected chi connectivity index (χ4v) is 2.53. The number of aromatic nitrogens is 4. The number of hydrogen-bond donors (Lipinski definition) is 2. The Balaban J connectivity index is 1.60. The summed E-state index contributed by atoms with van der Waals surface area (Å²) in [5, 5.41) is 15.5. The smallest absolute Gasteiger partial charge is 0.249 e. The van der Waals surface area contributed by atoms with Crippen LogP contribution < -0.4 is 10.6 Å². The molecule has 0 saturated carbocycles. The maximum absolute atomic E-state index is 4.47. The zero-order valence-electron chi connectivity index (χ0n) is 13.6. The SMILES string of the molecule is Cc1ccc(Nc2nncc(Nc3cccc4cccnc34)n2)cc1. The summed E-state index contributed by atoms with van der Waals surface area (Å²) < 4.78 is 0. The first-order valence-corrected chi connectivity index (χ1v) is 7.92. The summed E-state index contributed by atoms with van der Waals surface area (Å²) in [6.07, 6.45) is 3.36. The fraction of sp³-hybridized carbons (Fsp3) is 0.0526. The van der Waals surface area contributed by atoms with Crippen LogP contribution >= 0.6 is 0 Å². The van der Waals surface area contributed by atoms with E-state index in [1.807, 2.05) is 61.5 Å². The summed E-state index contributed by atoms with van der Waals surface area (Å²) in [4.78, 5) is 8.90. The minimum absolute atomic E-state index is 0.432. The monoisotopic (exact) mass is 328 g/mol. The maximum atomic E-state index is 4.47. The molecule has 2 aromatic heterocycles. The summed E-state index contributed by atoms with van der Waals surface area (Å²) in [6.45, 7) is 2.05. The topological polar surface area (TPSA) is 75.6 Å². The minimum Gasteiger partial charge on any atom is -0.337 e. The van der Waals surface area contributed by atoms with Crippen LogP contribution in [0.15, 0.2) is 67.0 Å². The van der Waals surface area contributed by atoms with Gasteiger partial charge in [-0.1, -0.05) is 35.9 Å². The van der Waals surface area contributed by atoms with Crippen LogP contribution in [0.3, 0.4) is 0 Å². The van der Waals surface area contributed by atoms with Crippen molar-refractivity contribution < 1.29 is 0 Å². The molecule has 6 nitrogen and oxygen atoms in total. The van der Waals surface area contributed by atoms with Gasteiger partial charge in [0.1, 0.15) is 0 Å². The van der Waals surface area contributed by atoms with Gasteiger partial charge in [0.25, 0.3) is 0 Å². The van der Waals surface area contributed by atoms with Gasteiger partial charge in [0, 0.05) is 17.3 Å². The van der Waals surface area contributed by atoms with Gasteiger partial charge >= 0.3 is 0 Å². The molecule has 2 N–H and O–H groups in total. The van der Waals surface area contributed by atoms with E-state index in [2.05, 4.69) is 30.8 Å². The second kappa shape index (κ2) is 6.52. The lowest BCUT2D eigenvalue weighted by Crippen LogP contribution is -2.02. The van der Waals surface area contributed by atoms with E-state index in [1.165, 1.54) is 5.56 Å². The Morgan fingerprint density at radius 3 is 2.60 bits per heavy atom. The molecular formula is C19H16N6. The first kappa shape index (κ1) is 15.0. The lowest BCUT2D eigenvalue weighted by atomic mass is 10.2. The molecule has 4 rings (SSSR count). The number of rotatable bonds is 4. The zero-order valence-corrected chi connectivity index (χ0v) is 13.6. The second-order valence-electron chi connectivity index (χ2n) is 5.66. The Labute approximate surface area is 145 Å². The van der Waals surface area contributed by atoms with Gasteiger partial charge in [0.15, 0.2) is 5.82 Å². The van der Waals surface area contributed by atoms with Gasteiger partial charge in [0.2, 0.25) is 5.95 Å². The third-order valence-corrected chi connectivity index (χ3v) is 3.76. The zero-order chi connectivity index (χ0) is 17.1. The number of nitrogens with zero attached hydrogens (tertiary/aromatic N) is 4. The van der Waals surface area contributed by atoms with Crippen molar-refractivity contribution >= 4 is 34.0 Å². The Morgan fingerprint density at radius 1 is 0.880 bits per heavy atom. The highest BCUT2D eigenvalue weighted by Crippen LogP contribution is 2.24. The van der Waals surface area contributed by atoms with Crippen molar-refractivity contribution in [1.29, 1.82) is 0 Å². The number of anilines is 4. The number of nitrogens with one attached hydrogen (secondary N) is 2. The number of para-hydroxylation sites is 1. The predicted molar refractivity (Wildman–Crippen MR) is 99.3 cm³/mol. The van der Waals surface area contributed by atoms with Crippen LogP contribution in [0.1, 0.15) is 5.56 Å². The third kappa shape index (κ3) is 3.37. The lowest BCUT2D eigenvalue weighted by Gasteiger charge is -2.09. The van der Waals surface area contributed by atoms with Crippen LogP contribution in [-0.2, 0) is 0 Å². The van der Waals surface area contributed by atoms with E-state index < -0.39 is 0 Å². The van der Waals surface area contributed by atoms with Gasteiger partial charge in [-0.05, 0) is 31.2 Å². The van der Waals surface area contributed by atoms with Gasteiger partial charge in [-0.25, -0.2) is 0 Å². The number of hydrogen-bond acceptors (Lipinski definition) is 6. The molecule has 0 aliphatic carbocycles. The van der Waals surface area contributed by atoms with E-state index in [9.17, 15) is 0 Å². The van der Waals surface area contributed by atoms with Crippen LogP contribution in [0.25, 0.3) is 10.9 Å². The van der Waals surface area contributed by atoms with Gasteiger partial charge < -0.3 is 10.6 Å². The average Bonchev–Trinajstić information content (AvgIpc) is 2.64. The van der Waals surface area contributed by atoms with Gasteiger partial charge in [-0.2, -0.15) is 10.1 Å². The van der Waals surface area contributed by atoms with E-state index in [1.54, 1.807) is 12.4 Å². The number of aryl methyl sites for hydroxylation is 1. The first-order valence-electron chi connectivity index (χ1n) is 7.92. The third-order valence-electron chi connectivity index (χ3n) is 3.76. The van der Waals surface area contributed by atoms with Crippen molar-refractivity contribution in [1.82, 2.24) is 20.2 Å². The number of fused-ring (bicyclic) bond motifs is 1. The molecule has 0 bridgehead atoms. The largest absolute Gasteiger partial charge is 0.337 e. The predicted octanol–water partition coefficient (Wildman–Crippen LogP) is 4.22. The van der Waals surface area contributed by atoms with Crippen molar-refractivity contribution in [2.75, 3.05) is 10.6 Å². The molecule has 2 heterocycles. The van der Waals surface area contributed by atoms with Crippen LogP contribution in [0, 0.1) is 6.92 Å². The molecular weight excluding hydrogens is 312 g/mol. The number of pyridine rings is 1. The molecule has 0 aliphatic heterocycles. The molecule has 0 radical (unpaired) electrons. The Kier molecular flexibility index (Phi) is 3.92. The molecule has 0 unspecified atom stereocenters. The average molecular weight is 328 g/mol. The second-order valence-corrected chi connectivity index (χ2v) is 5.66. The molecule has 0 amide bonds. The van der Waals surface area contributed by atoms with Crippen LogP contribution in [0.5, 0.6) is 0 Å². The summed E-state index contributed by atoms with van der Waals surface area (Å²) in [5.41, 5.74) is 3.87. The van der Waals surface area contributed by atoms with E-state index in [-0.39, 0.29) is 0 Å². The van der Waals surface area contributed by atoms with Crippen LogP contribution in [0.2, 0.25) is 0 Å². The summed E-state index contributed by atoms with van der Waals surface area (Å²) in [6, 6.07) is 17.9. The Hall–Kier alpha value is -3.54. The minimum atomic E-state index is 0.432. The highest BCUT2D eigenvalue weighted by atomic mass is 15.3. The molecule has 0 atom stereocenters. The molecule has 0 saturated heterocycles. The van der Waals surface area contributed by atoms with E-state index in [0.717, 1.165) is 22.3 Å². The standard InChI is InChI=1S/C19H16N6/c1-13-7-9-15(10-8-13)22-19-24-17(12-21-25-19)23-16-6-2-4-14-5-3-11-20-18(14)16/h2-12H,1H3,(H2,22,23,24,25).